The van der Waals surface area contributed by atoms with Crippen LogP contribution in [0.2, 0.25) is 0 Å². The zero-order chi connectivity index (χ0) is 14.7. The van der Waals surface area contributed by atoms with E-state index in [1.54, 1.807) is 0 Å². The molecule has 2 heteroatoms. The van der Waals surface area contributed by atoms with Gasteiger partial charge in [-0.1, -0.05) is 51.0 Å². The number of hydrogen-bond donors (Lipinski definition) is 1. The summed E-state index contributed by atoms with van der Waals surface area (Å²) in [7, 11) is 0. The largest absolute Gasteiger partial charge is 0.381 e. The molecule has 1 aromatic rings. The molecule has 0 radical (unpaired) electrons. The predicted molar refractivity (Wildman–Crippen MR) is 94.8 cm³/mol. The molecule has 2 aliphatic carbocycles. The molecule has 3 rings (SSSR count). The maximum absolute atomic E-state index is 3.88. The van der Waals surface area contributed by atoms with Crippen molar-refractivity contribution in [2.24, 2.45) is 11.8 Å². The molecule has 0 amide bonds. The van der Waals surface area contributed by atoms with Crippen molar-refractivity contribution in [2.75, 3.05) is 5.32 Å². The third kappa shape index (κ3) is 3.83. The summed E-state index contributed by atoms with van der Waals surface area (Å²) < 4.78 is 1.22. The highest BCUT2D eigenvalue weighted by molar-refractivity contribution is 9.10. The fourth-order valence-electron chi connectivity index (χ4n) is 4.40. The quantitative estimate of drug-likeness (QED) is 0.674. The van der Waals surface area contributed by atoms with Crippen molar-refractivity contribution in [3.63, 3.8) is 0 Å². The van der Waals surface area contributed by atoms with Crippen LogP contribution in [-0.2, 0) is 0 Å². The van der Waals surface area contributed by atoms with Crippen LogP contribution in [0.5, 0.6) is 0 Å². The first-order chi connectivity index (χ1) is 10.2. The Kier molecular flexibility index (Phi) is 5.26. The molecule has 0 spiro atoms. The van der Waals surface area contributed by atoms with Crippen LogP contribution in [0.25, 0.3) is 0 Å². The van der Waals surface area contributed by atoms with Gasteiger partial charge < -0.3 is 5.32 Å². The van der Waals surface area contributed by atoms with Crippen LogP contribution < -0.4 is 5.32 Å². The molecule has 2 aliphatic rings. The van der Waals surface area contributed by atoms with E-state index in [2.05, 4.69) is 46.4 Å². The normalized spacial score (nSPS) is 27.5. The number of rotatable bonds is 3. The predicted octanol–water partition coefficient (Wildman–Crippen LogP) is 6.31. The van der Waals surface area contributed by atoms with Crippen LogP contribution in [0.15, 0.2) is 22.7 Å². The summed E-state index contributed by atoms with van der Waals surface area (Å²) in [6.45, 7) is 2.15. The lowest BCUT2D eigenvalue weighted by molar-refractivity contribution is 0.180. The summed E-state index contributed by atoms with van der Waals surface area (Å²) in [5.74, 6) is 1.87. The summed E-state index contributed by atoms with van der Waals surface area (Å²) in [4.78, 5) is 0. The average Bonchev–Trinajstić information content (AvgIpc) is 2.51. The average molecular weight is 350 g/mol. The van der Waals surface area contributed by atoms with Crippen LogP contribution >= 0.6 is 15.9 Å². The van der Waals surface area contributed by atoms with Gasteiger partial charge in [0.05, 0.1) is 0 Å². The standard InChI is InChI=1S/C19H28BrN/c1-14-11-12-19(17(20)13-14)21-18-10-6-5-9-16(18)15-7-3-2-4-8-15/h11-13,15-16,18,21H,2-10H2,1H3. The van der Waals surface area contributed by atoms with E-state index in [-0.39, 0.29) is 0 Å². The van der Waals surface area contributed by atoms with Gasteiger partial charge in [0.15, 0.2) is 0 Å². The van der Waals surface area contributed by atoms with Crippen molar-refractivity contribution >= 4 is 21.6 Å². The second-order valence-electron chi connectivity index (χ2n) is 7.08. The molecule has 116 valence electrons. The van der Waals surface area contributed by atoms with E-state index in [4.69, 9.17) is 0 Å². The molecule has 1 nitrogen and oxygen atoms in total. The van der Waals surface area contributed by atoms with E-state index in [9.17, 15) is 0 Å². The molecule has 2 atom stereocenters. The van der Waals surface area contributed by atoms with E-state index in [0.717, 1.165) is 11.8 Å². The summed E-state index contributed by atoms with van der Waals surface area (Å²) in [5, 5.41) is 3.88. The summed E-state index contributed by atoms with van der Waals surface area (Å²) >= 11 is 3.73. The minimum atomic E-state index is 0.681. The summed E-state index contributed by atoms with van der Waals surface area (Å²) in [6.07, 6.45) is 12.9. The third-order valence-electron chi connectivity index (χ3n) is 5.54. The Morgan fingerprint density at radius 2 is 1.67 bits per heavy atom. The second kappa shape index (κ2) is 7.17. The van der Waals surface area contributed by atoms with E-state index in [1.165, 1.54) is 73.5 Å². The Hall–Kier alpha value is -0.500. The number of halogens is 1. The Balaban J connectivity index is 1.71. The first-order valence-corrected chi connectivity index (χ1v) is 9.56. The van der Waals surface area contributed by atoms with Crippen molar-refractivity contribution in [3.05, 3.63) is 28.2 Å². The Bertz CT molecular complexity index is 465. The van der Waals surface area contributed by atoms with Crippen molar-refractivity contribution in [2.45, 2.75) is 70.8 Å². The van der Waals surface area contributed by atoms with Crippen molar-refractivity contribution < 1.29 is 0 Å². The van der Waals surface area contributed by atoms with Crippen LogP contribution in [0.3, 0.4) is 0 Å². The molecule has 2 unspecified atom stereocenters. The van der Waals surface area contributed by atoms with E-state index < -0.39 is 0 Å². The lowest BCUT2D eigenvalue weighted by Gasteiger charge is -2.40. The van der Waals surface area contributed by atoms with Crippen LogP contribution in [-0.4, -0.2) is 6.04 Å². The number of hydrogen-bond acceptors (Lipinski definition) is 1. The Labute approximate surface area is 138 Å². The Morgan fingerprint density at radius 3 is 2.43 bits per heavy atom. The molecular weight excluding hydrogens is 322 g/mol. The van der Waals surface area contributed by atoms with Gasteiger partial charge >= 0.3 is 0 Å². The van der Waals surface area contributed by atoms with Gasteiger partial charge in [-0.05, 0) is 65.2 Å². The topological polar surface area (TPSA) is 12.0 Å². The first kappa shape index (κ1) is 15.4. The zero-order valence-corrected chi connectivity index (χ0v) is 14.8. The van der Waals surface area contributed by atoms with Crippen molar-refractivity contribution in [1.29, 1.82) is 0 Å². The monoisotopic (exact) mass is 349 g/mol. The van der Waals surface area contributed by atoms with Gasteiger partial charge in [-0.2, -0.15) is 0 Å². The maximum Gasteiger partial charge on any atom is 0.0487 e. The molecule has 0 aliphatic heterocycles. The van der Waals surface area contributed by atoms with Gasteiger partial charge in [-0.15, -0.1) is 0 Å². The third-order valence-corrected chi connectivity index (χ3v) is 6.20. The molecule has 0 aromatic heterocycles. The first-order valence-electron chi connectivity index (χ1n) is 8.77. The maximum atomic E-state index is 3.88. The molecule has 0 bridgehead atoms. The number of benzene rings is 1. The van der Waals surface area contributed by atoms with Gasteiger partial charge in [-0.25, -0.2) is 0 Å². The lowest BCUT2D eigenvalue weighted by Crippen LogP contribution is -2.37. The molecule has 21 heavy (non-hydrogen) atoms. The fourth-order valence-corrected chi connectivity index (χ4v) is 5.01. The molecule has 0 saturated heterocycles. The van der Waals surface area contributed by atoms with E-state index in [1.807, 2.05) is 0 Å². The number of aryl methyl sites for hydroxylation is 1. The molecular formula is C19H28BrN. The van der Waals surface area contributed by atoms with Gasteiger partial charge in [0.1, 0.15) is 0 Å². The van der Waals surface area contributed by atoms with E-state index in [0.29, 0.717) is 6.04 Å². The number of nitrogens with one attached hydrogen (secondary N) is 1. The minimum absolute atomic E-state index is 0.681. The van der Waals surface area contributed by atoms with Crippen LogP contribution in [0.4, 0.5) is 5.69 Å². The number of anilines is 1. The lowest BCUT2D eigenvalue weighted by atomic mass is 9.71. The highest BCUT2D eigenvalue weighted by Crippen LogP contribution is 2.40. The van der Waals surface area contributed by atoms with Gasteiger partial charge in [0.2, 0.25) is 0 Å². The molecule has 1 N–H and O–H groups in total. The van der Waals surface area contributed by atoms with E-state index >= 15 is 0 Å². The SMILES string of the molecule is Cc1ccc(NC2CCCCC2C2CCCCC2)c(Br)c1. The van der Waals surface area contributed by atoms with Crippen molar-refractivity contribution in [1.82, 2.24) is 0 Å². The highest BCUT2D eigenvalue weighted by atomic mass is 79.9. The van der Waals surface area contributed by atoms with Crippen LogP contribution in [0.1, 0.15) is 63.4 Å². The minimum Gasteiger partial charge on any atom is -0.381 e. The fraction of sp³-hybridized carbons (Fsp3) is 0.684. The molecule has 2 fully saturated rings. The molecule has 0 heterocycles. The Morgan fingerprint density at radius 1 is 0.952 bits per heavy atom. The summed E-state index contributed by atoms with van der Waals surface area (Å²) in [6, 6.07) is 7.36. The van der Waals surface area contributed by atoms with Crippen molar-refractivity contribution in [3.8, 4) is 0 Å². The second-order valence-corrected chi connectivity index (χ2v) is 7.93. The zero-order valence-electron chi connectivity index (χ0n) is 13.2. The smallest absolute Gasteiger partial charge is 0.0487 e. The molecule has 1 aromatic carbocycles. The highest BCUT2D eigenvalue weighted by Gasteiger charge is 2.32. The summed E-state index contributed by atoms with van der Waals surface area (Å²) in [5.41, 5.74) is 2.60. The van der Waals surface area contributed by atoms with Gasteiger partial charge in [-0.3, -0.25) is 0 Å². The van der Waals surface area contributed by atoms with Gasteiger partial charge in [0.25, 0.3) is 0 Å². The van der Waals surface area contributed by atoms with Gasteiger partial charge in [0, 0.05) is 16.2 Å². The molecule has 2 saturated carbocycles. The van der Waals surface area contributed by atoms with Crippen LogP contribution in [0, 0.1) is 18.8 Å².